The Balaban J connectivity index is 1.75. The van der Waals surface area contributed by atoms with Crippen molar-refractivity contribution in [1.29, 1.82) is 0 Å². The molecule has 0 spiro atoms. The van der Waals surface area contributed by atoms with Gasteiger partial charge >= 0.3 is 0 Å². The number of nitrogens with zero attached hydrogens (tertiary/aromatic N) is 3. The number of hydrogen-bond donors (Lipinski definition) is 1. The SMILES string of the molecule is Cc1ccc(NC(=O)CSc2nnc(-c3cccc(F)c3)n2CC(C)C)c(F)c1. The minimum absolute atomic E-state index is 0.0483. The summed E-state index contributed by atoms with van der Waals surface area (Å²) in [6.45, 7) is 6.50. The first-order valence-corrected chi connectivity index (χ1v) is 10.2. The molecule has 0 fully saturated rings. The third-order valence-corrected chi connectivity index (χ3v) is 5.05. The van der Waals surface area contributed by atoms with Gasteiger partial charge in [0.05, 0.1) is 11.4 Å². The molecule has 1 N–H and O–H groups in total. The molecule has 152 valence electrons. The molecule has 0 aliphatic carbocycles. The molecule has 0 saturated heterocycles. The van der Waals surface area contributed by atoms with Gasteiger partial charge in [0.2, 0.25) is 5.91 Å². The number of amides is 1. The molecule has 0 unspecified atom stereocenters. The number of nitrogens with one attached hydrogen (secondary N) is 1. The summed E-state index contributed by atoms with van der Waals surface area (Å²) in [6, 6.07) is 10.8. The second-order valence-electron chi connectivity index (χ2n) is 7.14. The number of benzene rings is 2. The van der Waals surface area contributed by atoms with E-state index in [2.05, 4.69) is 29.4 Å². The average Bonchev–Trinajstić information content (AvgIpc) is 3.04. The number of anilines is 1. The number of carbonyl (C=O) groups excluding carboxylic acids is 1. The van der Waals surface area contributed by atoms with E-state index in [-0.39, 0.29) is 23.2 Å². The number of halogens is 2. The predicted octanol–water partition coefficient (Wildman–Crippen LogP) is 4.92. The number of carbonyl (C=O) groups is 1. The first-order valence-electron chi connectivity index (χ1n) is 9.21. The van der Waals surface area contributed by atoms with Gasteiger partial charge in [-0.15, -0.1) is 10.2 Å². The van der Waals surface area contributed by atoms with Crippen molar-refractivity contribution in [2.75, 3.05) is 11.1 Å². The maximum atomic E-state index is 13.9. The molecular weight excluding hydrogens is 394 g/mol. The molecule has 1 aromatic heterocycles. The fourth-order valence-corrected chi connectivity index (χ4v) is 3.55. The minimum Gasteiger partial charge on any atom is -0.323 e. The number of rotatable bonds is 7. The highest BCUT2D eigenvalue weighted by molar-refractivity contribution is 7.99. The van der Waals surface area contributed by atoms with Crippen molar-refractivity contribution >= 4 is 23.4 Å². The number of aromatic nitrogens is 3. The van der Waals surface area contributed by atoms with Crippen molar-refractivity contribution in [2.24, 2.45) is 5.92 Å². The molecule has 0 atom stereocenters. The predicted molar refractivity (Wildman–Crippen MR) is 111 cm³/mol. The summed E-state index contributed by atoms with van der Waals surface area (Å²) in [5, 5.41) is 11.5. The zero-order valence-corrected chi connectivity index (χ0v) is 17.3. The van der Waals surface area contributed by atoms with E-state index < -0.39 is 5.82 Å². The normalized spacial score (nSPS) is 11.1. The maximum absolute atomic E-state index is 13.9. The fourth-order valence-electron chi connectivity index (χ4n) is 2.80. The zero-order valence-electron chi connectivity index (χ0n) is 16.4. The van der Waals surface area contributed by atoms with E-state index in [1.54, 1.807) is 25.1 Å². The van der Waals surface area contributed by atoms with E-state index >= 15 is 0 Å². The smallest absolute Gasteiger partial charge is 0.234 e. The molecule has 1 heterocycles. The first kappa shape index (κ1) is 21.0. The number of aryl methyl sites for hydroxylation is 1. The Morgan fingerprint density at radius 1 is 1.17 bits per heavy atom. The summed E-state index contributed by atoms with van der Waals surface area (Å²) in [5.41, 5.74) is 1.54. The quantitative estimate of drug-likeness (QED) is 0.556. The Morgan fingerprint density at radius 3 is 2.66 bits per heavy atom. The molecule has 0 radical (unpaired) electrons. The molecule has 0 aliphatic rings. The number of thioether (sulfide) groups is 1. The lowest BCUT2D eigenvalue weighted by atomic mass is 10.2. The van der Waals surface area contributed by atoms with Crippen LogP contribution in [0.1, 0.15) is 19.4 Å². The van der Waals surface area contributed by atoms with Crippen molar-refractivity contribution in [3.8, 4) is 11.4 Å². The Labute approximate surface area is 172 Å². The van der Waals surface area contributed by atoms with Gasteiger partial charge in [0.25, 0.3) is 0 Å². The van der Waals surface area contributed by atoms with Gasteiger partial charge in [0, 0.05) is 12.1 Å². The third kappa shape index (κ3) is 5.41. The molecule has 3 rings (SSSR count). The van der Waals surface area contributed by atoms with Crippen LogP contribution in [0.5, 0.6) is 0 Å². The van der Waals surface area contributed by atoms with Gasteiger partial charge in [0.15, 0.2) is 11.0 Å². The van der Waals surface area contributed by atoms with Crippen LogP contribution in [0.3, 0.4) is 0 Å². The lowest BCUT2D eigenvalue weighted by Gasteiger charge is -2.12. The average molecular weight is 416 g/mol. The van der Waals surface area contributed by atoms with Crippen molar-refractivity contribution in [1.82, 2.24) is 14.8 Å². The molecule has 2 aromatic carbocycles. The summed E-state index contributed by atoms with van der Waals surface area (Å²) < 4.78 is 29.4. The van der Waals surface area contributed by atoms with Crippen LogP contribution >= 0.6 is 11.8 Å². The summed E-state index contributed by atoms with van der Waals surface area (Å²) in [4.78, 5) is 12.3. The van der Waals surface area contributed by atoms with Crippen molar-refractivity contribution in [3.63, 3.8) is 0 Å². The standard InChI is InChI=1S/C21H22F2N4OS/c1-13(2)11-27-20(15-5-4-6-16(22)10-15)25-26-21(27)29-12-19(28)24-18-8-7-14(3)9-17(18)23/h4-10,13H,11-12H2,1-3H3,(H,24,28). The van der Waals surface area contributed by atoms with Gasteiger partial charge < -0.3 is 9.88 Å². The van der Waals surface area contributed by atoms with Crippen molar-refractivity contribution in [2.45, 2.75) is 32.5 Å². The van der Waals surface area contributed by atoms with Crippen molar-refractivity contribution < 1.29 is 13.6 Å². The van der Waals surface area contributed by atoms with Crippen LogP contribution in [0, 0.1) is 24.5 Å². The van der Waals surface area contributed by atoms with E-state index in [1.165, 1.54) is 36.0 Å². The van der Waals surface area contributed by atoms with Gasteiger partial charge in [-0.3, -0.25) is 4.79 Å². The molecule has 1 amide bonds. The van der Waals surface area contributed by atoms with Crippen molar-refractivity contribution in [3.05, 3.63) is 59.7 Å². The van der Waals surface area contributed by atoms with Crippen LogP contribution in [0.2, 0.25) is 0 Å². The molecular formula is C21H22F2N4OS. The zero-order chi connectivity index (χ0) is 21.0. The lowest BCUT2D eigenvalue weighted by molar-refractivity contribution is -0.113. The van der Waals surface area contributed by atoms with Gasteiger partial charge in [-0.05, 0) is 42.7 Å². The Hall–Kier alpha value is -2.74. The summed E-state index contributed by atoms with van der Waals surface area (Å²) >= 11 is 1.21. The number of hydrogen-bond acceptors (Lipinski definition) is 4. The van der Waals surface area contributed by atoms with E-state index in [0.717, 1.165) is 5.56 Å². The second-order valence-corrected chi connectivity index (χ2v) is 8.08. The van der Waals surface area contributed by atoms with E-state index in [1.807, 2.05) is 4.57 Å². The van der Waals surface area contributed by atoms with Gasteiger partial charge in [-0.2, -0.15) is 0 Å². The molecule has 0 aliphatic heterocycles. The highest BCUT2D eigenvalue weighted by Crippen LogP contribution is 2.26. The second kappa shape index (κ2) is 9.17. The molecule has 0 saturated carbocycles. The minimum atomic E-state index is -0.472. The summed E-state index contributed by atoms with van der Waals surface area (Å²) in [6.07, 6.45) is 0. The van der Waals surface area contributed by atoms with Gasteiger partial charge in [-0.25, -0.2) is 8.78 Å². The lowest BCUT2D eigenvalue weighted by Crippen LogP contribution is -2.16. The van der Waals surface area contributed by atoms with E-state index in [4.69, 9.17) is 0 Å². The van der Waals surface area contributed by atoms with E-state index in [9.17, 15) is 13.6 Å². The maximum Gasteiger partial charge on any atom is 0.234 e. The molecule has 0 bridgehead atoms. The first-order chi connectivity index (χ1) is 13.8. The van der Waals surface area contributed by atoms with Crippen LogP contribution in [0.15, 0.2) is 47.6 Å². The molecule has 29 heavy (non-hydrogen) atoms. The van der Waals surface area contributed by atoms with Crippen LogP contribution in [0.4, 0.5) is 14.5 Å². The summed E-state index contributed by atoms with van der Waals surface area (Å²) in [7, 11) is 0. The Bertz CT molecular complexity index is 1020. The van der Waals surface area contributed by atoms with Gasteiger partial charge in [-0.1, -0.05) is 43.8 Å². The largest absolute Gasteiger partial charge is 0.323 e. The topological polar surface area (TPSA) is 59.8 Å². The summed E-state index contributed by atoms with van der Waals surface area (Å²) in [5.74, 6) is -0.273. The van der Waals surface area contributed by atoms with E-state index in [0.29, 0.717) is 29.0 Å². The Morgan fingerprint density at radius 2 is 1.97 bits per heavy atom. The molecule has 5 nitrogen and oxygen atoms in total. The van der Waals surface area contributed by atoms with Crippen LogP contribution < -0.4 is 5.32 Å². The third-order valence-electron chi connectivity index (χ3n) is 4.08. The highest BCUT2D eigenvalue weighted by Gasteiger charge is 2.17. The van der Waals surface area contributed by atoms with Crippen LogP contribution in [0.25, 0.3) is 11.4 Å². The fraction of sp³-hybridized carbons (Fsp3) is 0.286. The highest BCUT2D eigenvalue weighted by atomic mass is 32.2. The monoisotopic (exact) mass is 416 g/mol. The molecule has 3 aromatic rings. The van der Waals surface area contributed by atoms with Gasteiger partial charge in [0.1, 0.15) is 11.6 Å². The van der Waals surface area contributed by atoms with Crippen LogP contribution in [-0.4, -0.2) is 26.4 Å². The molecule has 8 heteroatoms. The van der Waals surface area contributed by atoms with Crippen LogP contribution in [-0.2, 0) is 11.3 Å². The Kier molecular flexibility index (Phi) is 6.64.